The summed E-state index contributed by atoms with van der Waals surface area (Å²) in [6.07, 6.45) is 1.41. The van der Waals surface area contributed by atoms with Crippen molar-refractivity contribution >= 4 is 45.4 Å². The molecular formula is C22H17N3O2S2. The maximum absolute atomic E-state index is 12.2. The van der Waals surface area contributed by atoms with Gasteiger partial charge in [-0.05, 0) is 42.0 Å². The average Bonchev–Trinajstić information content (AvgIpc) is 3.17. The minimum absolute atomic E-state index is 0.112. The van der Waals surface area contributed by atoms with Crippen LogP contribution in [0.15, 0.2) is 82.2 Å². The number of hydrogen-bond acceptors (Lipinski definition) is 6. The standard InChI is InChI=1S/C22H17N3O2S2/c26-19-7-3-1-5-17(19)13-23-25-21(27)16-11-9-15(10-12-16)14-28-22-24-18-6-2-4-8-20(18)29-22/h1-13,26H,14H2,(H,25,27). The first kappa shape index (κ1) is 19.2. The first-order valence-electron chi connectivity index (χ1n) is 8.88. The summed E-state index contributed by atoms with van der Waals surface area (Å²) in [4.78, 5) is 16.8. The van der Waals surface area contributed by atoms with Crippen molar-refractivity contribution in [3.05, 3.63) is 89.5 Å². The highest BCUT2D eigenvalue weighted by atomic mass is 32.2. The number of rotatable bonds is 6. The molecule has 0 aliphatic heterocycles. The highest BCUT2D eigenvalue weighted by molar-refractivity contribution is 8.00. The minimum Gasteiger partial charge on any atom is -0.507 e. The Hall–Kier alpha value is -3.16. The van der Waals surface area contributed by atoms with Crippen molar-refractivity contribution in [3.8, 4) is 5.75 Å². The van der Waals surface area contributed by atoms with E-state index in [1.165, 1.54) is 10.9 Å². The summed E-state index contributed by atoms with van der Waals surface area (Å²) in [6.45, 7) is 0. The van der Waals surface area contributed by atoms with E-state index in [0.29, 0.717) is 11.1 Å². The molecule has 0 aliphatic carbocycles. The van der Waals surface area contributed by atoms with Crippen LogP contribution in [0.25, 0.3) is 10.2 Å². The summed E-state index contributed by atoms with van der Waals surface area (Å²) in [7, 11) is 0. The zero-order valence-electron chi connectivity index (χ0n) is 15.3. The van der Waals surface area contributed by atoms with Gasteiger partial charge in [-0.3, -0.25) is 4.79 Å². The van der Waals surface area contributed by atoms with E-state index in [4.69, 9.17) is 0 Å². The number of fused-ring (bicyclic) bond motifs is 1. The molecule has 0 radical (unpaired) electrons. The van der Waals surface area contributed by atoms with Gasteiger partial charge >= 0.3 is 0 Å². The third-order valence-electron chi connectivity index (χ3n) is 4.16. The van der Waals surface area contributed by atoms with Gasteiger partial charge in [0.25, 0.3) is 5.91 Å². The molecular weight excluding hydrogens is 402 g/mol. The number of phenolic OH excluding ortho intramolecular Hbond substituents is 1. The molecule has 2 N–H and O–H groups in total. The maximum Gasteiger partial charge on any atom is 0.271 e. The lowest BCUT2D eigenvalue weighted by Gasteiger charge is -2.03. The molecule has 3 aromatic carbocycles. The second kappa shape index (κ2) is 8.89. The van der Waals surface area contributed by atoms with E-state index in [0.717, 1.165) is 21.2 Å². The Bertz CT molecular complexity index is 1140. The number of thiazole rings is 1. The molecule has 0 atom stereocenters. The van der Waals surface area contributed by atoms with E-state index in [1.807, 2.05) is 30.3 Å². The molecule has 0 saturated heterocycles. The molecule has 1 amide bonds. The van der Waals surface area contributed by atoms with E-state index in [9.17, 15) is 9.90 Å². The average molecular weight is 420 g/mol. The Labute approximate surface area is 176 Å². The highest BCUT2D eigenvalue weighted by Gasteiger charge is 2.07. The van der Waals surface area contributed by atoms with Gasteiger partial charge in [-0.15, -0.1) is 11.3 Å². The summed E-state index contributed by atoms with van der Waals surface area (Å²) < 4.78 is 2.22. The molecule has 0 spiro atoms. The van der Waals surface area contributed by atoms with Gasteiger partial charge in [-0.25, -0.2) is 10.4 Å². The third-order valence-corrected chi connectivity index (χ3v) is 6.41. The summed E-state index contributed by atoms with van der Waals surface area (Å²) in [6, 6.07) is 22.3. The van der Waals surface area contributed by atoms with Gasteiger partial charge in [0.1, 0.15) is 5.75 Å². The lowest BCUT2D eigenvalue weighted by atomic mass is 10.1. The fourth-order valence-corrected chi connectivity index (χ4v) is 4.66. The van der Waals surface area contributed by atoms with Crippen LogP contribution in [0, 0.1) is 0 Å². The first-order valence-corrected chi connectivity index (χ1v) is 10.7. The number of aromatic hydroxyl groups is 1. The molecule has 4 aromatic rings. The summed E-state index contributed by atoms with van der Waals surface area (Å²) in [5.74, 6) is 0.593. The third kappa shape index (κ3) is 4.82. The van der Waals surface area contributed by atoms with Gasteiger partial charge in [0.05, 0.1) is 16.4 Å². The van der Waals surface area contributed by atoms with E-state index in [1.54, 1.807) is 59.5 Å². The Balaban J connectivity index is 1.33. The molecule has 144 valence electrons. The van der Waals surface area contributed by atoms with Crippen molar-refractivity contribution in [2.45, 2.75) is 10.1 Å². The van der Waals surface area contributed by atoms with Crippen LogP contribution < -0.4 is 5.43 Å². The van der Waals surface area contributed by atoms with Crippen molar-refractivity contribution in [2.24, 2.45) is 5.10 Å². The van der Waals surface area contributed by atoms with E-state index >= 15 is 0 Å². The molecule has 0 saturated carbocycles. The normalized spacial score (nSPS) is 11.2. The Morgan fingerprint density at radius 1 is 1.07 bits per heavy atom. The summed E-state index contributed by atoms with van der Waals surface area (Å²) in [5.41, 5.74) is 5.67. The minimum atomic E-state index is -0.304. The number of hydrogen-bond donors (Lipinski definition) is 2. The molecule has 0 fully saturated rings. The number of amides is 1. The monoisotopic (exact) mass is 419 g/mol. The van der Waals surface area contributed by atoms with Gasteiger partial charge < -0.3 is 5.11 Å². The molecule has 5 nitrogen and oxygen atoms in total. The maximum atomic E-state index is 12.2. The zero-order valence-corrected chi connectivity index (χ0v) is 16.9. The van der Waals surface area contributed by atoms with Crippen LogP contribution in [-0.2, 0) is 5.75 Å². The van der Waals surface area contributed by atoms with Crippen molar-refractivity contribution in [1.29, 1.82) is 0 Å². The van der Waals surface area contributed by atoms with E-state index < -0.39 is 0 Å². The number of nitrogens with one attached hydrogen (secondary N) is 1. The molecule has 7 heteroatoms. The van der Waals surface area contributed by atoms with Crippen LogP contribution >= 0.6 is 23.1 Å². The van der Waals surface area contributed by atoms with Gasteiger partial charge in [0.2, 0.25) is 0 Å². The second-order valence-corrected chi connectivity index (χ2v) is 8.44. The van der Waals surface area contributed by atoms with Gasteiger partial charge in [0, 0.05) is 16.9 Å². The largest absolute Gasteiger partial charge is 0.507 e. The predicted octanol–water partition coefficient (Wildman–Crippen LogP) is 5.06. The van der Waals surface area contributed by atoms with Crippen LogP contribution in [0.2, 0.25) is 0 Å². The lowest BCUT2D eigenvalue weighted by Crippen LogP contribution is -2.17. The molecule has 1 heterocycles. The lowest BCUT2D eigenvalue weighted by molar-refractivity contribution is 0.0955. The Morgan fingerprint density at radius 2 is 1.83 bits per heavy atom. The summed E-state index contributed by atoms with van der Waals surface area (Å²) >= 11 is 3.37. The topological polar surface area (TPSA) is 74.6 Å². The SMILES string of the molecule is O=C(NN=Cc1ccccc1O)c1ccc(CSc2nc3ccccc3s2)cc1. The van der Waals surface area contributed by atoms with Crippen LogP contribution in [0.5, 0.6) is 5.75 Å². The van der Waals surface area contributed by atoms with Crippen LogP contribution in [-0.4, -0.2) is 22.2 Å². The number of aromatic nitrogens is 1. The number of thioether (sulfide) groups is 1. The van der Waals surface area contributed by atoms with E-state index in [-0.39, 0.29) is 11.7 Å². The summed E-state index contributed by atoms with van der Waals surface area (Å²) in [5, 5.41) is 13.6. The number of benzene rings is 3. The fraction of sp³-hybridized carbons (Fsp3) is 0.0455. The van der Waals surface area contributed by atoms with Gasteiger partial charge in [-0.1, -0.05) is 48.2 Å². The number of phenols is 1. The molecule has 29 heavy (non-hydrogen) atoms. The molecule has 0 aliphatic rings. The Morgan fingerprint density at radius 3 is 2.62 bits per heavy atom. The highest BCUT2D eigenvalue weighted by Crippen LogP contribution is 2.31. The number of carbonyl (C=O) groups excluding carboxylic acids is 1. The van der Waals surface area contributed by atoms with Gasteiger partial charge in [-0.2, -0.15) is 5.10 Å². The number of para-hydroxylation sites is 2. The number of hydrazone groups is 1. The predicted molar refractivity (Wildman–Crippen MR) is 119 cm³/mol. The van der Waals surface area contributed by atoms with E-state index in [2.05, 4.69) is 21.6 Å². The van der Waals surface area contributed by atoms with Gasteiger partial charge in [0.15, 0.2) is 4.34 Å². The molecule has 0 unspecified atom stereocenters. The van der Waals surface area contributed by atoms with Crippen LogP contribution in [0.1, 0.15) is 21.5 Å². The van der Waals surface area contributed by atoms with Crippen molar-refractivity contribution < 1.29 is 9.90 Å². The number of nitrogens with zero attached hydrogens (tertiary/aromatic N) is 2. The fourth-order valence-electron chi connectivity index (χ4n) is 2.63. The van der Waals surface area contributed by atoms with Crippen molar-refractivity contribution in [1.82, 2.24) is 10.4 Å². The first-order chi connectivity index (χ1) is 14.2. The molecule has 1 aromatic heterocycles. The quantitative estimate of drug-likeness (QED) is 0.260. The number of carbonyl (C=O) groups is 1. The smallest absolute Gasteiger partial charge is 0.271 e. The van der Waals surface area contributed by atoms with Crippen molar-refractivity contribution in [3.63, 3.8) is 0 Å². The van der Waals surface area contributed by atoms with Crippen LogP contribution in [0.4, 0.5) is 0 Å². The Kier molecular flexibility index (Phi) is 5.88. The second-order valence-electron chi connectivity index (χ2n) is 6.19. The molecule has 0 bridgehead atoms. The molecule has 4 rings (SSSR count). The van der Waals surface area contributed by atoms with Crippen LogP contribution in [0.3, 0.4) is 0 Å². The zero-order chi connectivity index (χ0) is 20.1. The van der Waals surface area contributed by atoms with Crippen molar-refractivity contribution in [2.75, 3.05) is 0 Å².